The lowest BCUT2D eigenvalue weighted by molar-refractivity contribution is -0.384. The van der Waals surface area contributed by atoms with E-state index in [9.17, 15) is 14.9 Å². The van der Waals surface area contributed by atoms with Crippen molar-refractivity contribution in [3.05, 3.63) is 60.0 Å². The third-order valence-electron chi connectivity index (χ3n) is 4.48. The van der Waals surface area contributed by atoms with Crippen molar-refractivity contribution in [1.82, 2.24) is 4.90 Å². The first-order chi connectivity index (χ1) is 13.3. The maximum absolute atomic E-state index is 13.0. The van der Waals surface area contributed by atoms with Gasteiger partial charge in [0.15, 0.2) is 0 Å². The zero-order chi connectivity index (χ0) is 20.4. The first-order valence-corrected chi connectivity index (χ1v) is 10.3. The summed E-state index contributed by atoms with van der Waals surface area (Å²) in [7, 11) is 1.52. The minimum absolute atomic E-state index is 0.0372. The first kappa shape index (κ1) is 20.9. The quantitative estimate of drug-likeness (QED) is 0.419. The first-order valence-electron chi connectivity index (χ1n) is 8.33. The van der Waals surface area contributed by atoms with Gasteiger partial charge in [-0.1, -0.05) is 27.5 Å². The van der Waals surface area contributed by atoms with Crippen molar-refractivity contribution in [3.8, 4) is 5.75 Å². The topological polar surface area (TPSA) is 75.9 Å². The summed E-state index contributed by atoms with van der Waals surface area (Å²) in [6, 6.07) is 8.16. The average molecular weight is 534 g/mol. The number of ether oxygens (including phenoxy) is 1. The van der Waals surface area contributed by atoms with E-state index in [4.69, 9.17) is 16.3 Å². The van der Waals surface area contributed by atoms with E-state index >= 15 is 0 Å². The van der Waals surface area contributed by atoms with Crippen molar-refractivity contribution >= 4 is 60.7 Å². The summed E-state index contributed by atoms with van der Waals surface area (Å²) < 4.78 is 6.82. The molecule has 148 valence electrons. The fraction of sp³-hybridized carbons (Fsp3) is 0.278. The lowest BCUT2D eigenvalue weighted by Crippen LogP contribution is -2.49. The molecule has 7 nitrogen and oxygen atoms in total. The predicted octanol–water partition coefficient (Wildman–Crippen LogP) is 4.74. The van der Waals surface area contributed by atoms with Crippen LogP contribution >= 0.6 is 43.5 Å². The van der Waals surface area contributed by atoms with E-state index in [1.54, 1.807) is 23.1 Å². The minimum atomic E-state index is -0.442. The molecular formula is C18H16Br2ClN3O4. The van der Waals surface area contributed by atoms with E-state index in [0.29, 0.717) is 52.7 Å². The minimum Gasteiger partial charge on any atom is -0.495 e. The number of carbonyl (C=O) groups is 1. The van der Waals surface area contributed by atoms with Gasteiger partial charge in [0.2, 0.25) is 0 Å². The number of hydrogen-bond acceptors (Lipinski definition) is 5. The lowest BCUT2D eigenvalue weighted by atomic mass is 10.1. The fourth-order valence-corrected chi connectivity index (χ4v) is 4.71. The third kappa shape index (κ3) is 4.26. The number of carbonyl (C=O) groups excluding carboxylic acids is 1. The number of rotatable bonds is 4. The molecule has 0 aliphatic carbocycles. The maximum Gasteiger partial charge on any atom is 0.294 e. The molecule has 1 aliphatic rings. The molecule has 1 aliphatic heterocycles. The van der Waals surface area contributed by atoms with Gasteiger partial charge in [-0.3, -0.25) is 14.9 Å². The van der Waals surface area contributed by atoms with Gasteiger partial charge in [0, 0.05) is 41.7 Å². The summed E-state index contributed by atoms with van der Waals surface area (Å²) in [6.07, 6.45) is 0. The van der Waals surface area contributed by atoms with Gasteiger partial charge in [0.1, 0.15) is 11.4 Å². The molecule has 0 aromatic heterocycles. The molecular weight excluding hydrogens is 517 g/mol. The van der Waals surface area contributed by atoms with Crippen LogP contribution in [0.25, 0.3) is 0 Å². The number of halogens is 3. The zero-order valence-electron chi connectivity index (χ0n) is 14.8. The monoisotopic (exact) mass is 531 g/mol. The molecule has 1 saturated heterocycles. The van der Waals surface area contributed by atoms with E-state index in [0.717, 1.165) is 4.47 Å². The molecule has 0 unspecified atom stereocenters. The number of amides is 1. The Bertz CT molecular complexity index is 933. The number of nitro groups is 1. The van der Waals surface area contributed by atoms with Crippen molar-refractivity contribution in [2.45, 2.75) is 0 Å². The Hall–Kier alpha value is -1.84. The Kier molecular flexibility index (Phi) is 6.47. The van der Waals surface area contributed by atoms with Crippen LogP contribution in [0.4, 0.5) is 11.4 Å². The lowest BCUT2D eigenvalue weighted by Gasteiger charge is -2.36. The highest BCUT2D eigenvalue weighted by Crippen LogP contribution is 2.35. The molecule has 0 N–H and O–H groups in total. The van der Waals surface area contributed by atoms with Crippen LogP contribution in [0.15, 0.2) is 39.3 Å². The van der Waals surface area contributed by atoms with E-state index < -0.39 is 4.92 Å². The van der Waals surface area contributed by atoms with Crippen LogP contribution in [-0.2, 0) is 0 Å². The molecule has 0 bridgehead atoms. The van der Waals surface area contributed by atoms with E-state index in [2.05, 4.69) is 31.9 Å². The number of piperazine rings is 1. The van der Waals surface area contributed by atoms with Gasteiger partial charge in [-0.2, -0.15) is 0 Å². The zero-order valence-corrected chi connectivity index (χ0v) is 18.8. The third-order valence-corrected chi connectivity index (χ3v) is 5.77. The van der Waals surface area contributed by atoms with Crippen LogP contribution in [-0.4, -0.2) is 49.0 Å². The second-order valence-corrected chi connectivity index (χ2v) is 8.34. The molecule has 0 radical (unpaired) electrons. The molecule has 3 rings (SSSR count). The normalized spacial score (nSPS) is 14.1. The molecule has 2 aromatic carbocycles. The number of hydrogen-bond donors (Lipinski definition) is 0. The number of methoxy groups -OCH3 is 1. The van der Waals surface area contributed by atoms with Crippen molar-refractivity contribution in [2.24, 2.45) is 0 Å². The second-order valence-electron chi connectivity index (χ2n) is 6.14. The van der Waals surface area contributed by atoms with Gasteiger partial charge in [-0.25, -0.2) is 0 Å². The molecule has 10 heteroatoms. The highest BCUT2D eigenvalue weighted by molar-refractivity contribution is 9.11. The van der Waals surface area contributed by atoms with E-state index in [1.165, 1.54) is 13.2 Å². The summed E-state index contributed by atoms with van der Waals surface area (Å²) in [5, 5.41) is 11.7. The van der Waals surface area contributed by atoms with Crippen LogP contribution in [0.1, 0.15) is 10.4 Å². The van der Waals surface area contributed by atoms with Gasteiger partial charge < -0.3 is 14.5 Å². The van der Waals surface area contributed by atoms with Crippen LogP contribution in [0.5, 0.6) is 5.75 Å². The molecule has 1 amide bonds. The predicted molar refractivity (Wildman–Crippen MR) is 115 cm³/mol. The molecule has 0 atom stereocenters. The largest absolute Gasteiger partial charge is 0.495 e. The van der Waals surface area contributed by atoms with Crippen LogP contribution in [0.3, 0.4) is 0 Å². The molecule has 1 heterocycles. The Morgan fingerprint density at radius 1 is 1.18 bits per heavy atom. The van der Waals surface area contributed by atoms with E-state index in [1.807, 2.05) is 11.0 Å². The number of benzene rings is 2. The summed E-state index contributed by atoms with van der Waals surface area (Å²) in [5.41, 5.74) is 0.920. The van der Waals surface area contributed by atoms with Crippen molar-refractivity contribution < 1.29 is 14.5 Å². The Balaban J connectivity index is 1.78. The summed E-state index contributed by atoms with van der Waals surface area (Å²) in [4.78, 5) is 27.5. The van der Waals surface area contributed by atoms with Gasteiger partial charge in [0.05, 0.1) is 22.1 Å². The molecule has 2 aromatic rings. The van der Waals surface area contributed by atoms with Gasteiger partial charge in [-0.05, 0) is 40.2 Å². The Labute approximate surface area is 183 Å². The number of nitrogens with zero attached hydrogens (tertiary/aromatic N) is 3. The van der Waals surface area contributed by atoms with Crippen molar-refractivity contribution in [2.75, 3.05) is 38.2 Å². The maximum atomic E-state index is 13.0. The summed E-state index contributed by atoms with van der Waals surface area (Å²) in [6.45, 7) is 1.83. The Morgan fingerprint density at radius 2 is 1.86 bits per heavy atom. The van der Waals surface area contributed by atoms with Crippen LogP contribution in [0, 0.1) is 10.1 Å². The molecule has 0 saturated carbocycles. The summed E-state index contributed by atoms with van der Waals surface area (Å²) >= 11 is 12.7. The Morgan fingerprint density at radius 3 is 2.46 bits per heavy atom. The fourth-order valence-electron chi connectivity index (χ4n) is 3.16. The second kappa shape index (κ2) is 8.67. The molecule has 28 heavy (non-hydrogen) atoms. The highest BCUT2D eigenvalue weighted by Gasteiger charge is 2.28. The van der Waals surface area contributed by atoms with Crippen LogP contribution < -0.4 is 9.64 Å². The standard InChI is InChI=1S/C18H16Br2ClN3O4/c1-28-17-13(8-11(19)9-14(17)20)18(25)23-6-4-22(5-7-23)15-3-2-12(21)10-16(15)24(26)27/h2-3,8-10H,4-7H2,1H3. The van der Waals surface area contributed by atoms with Crippen LogP contribution in [0.2, 0.25) is 5.02 Å². The average Bonchev–Trinajstić information content (AvgIpc) is 2.67. The van der Waals surface area contributed by atoms with Gasteiger partial charge >= 0.3 is 0 Å². The highest BCUT2D eigenvalue weighted by atomic mass is 79.9. The van der Waals surface area contributed by atoms with Gasteiger partial charge in [-0.15, -0.1) is 0 Å². The van der Waals surface area contributed by atoms with E-state index in [-0.39, 0.29) is 11.6 Å². The smallest absolute Gasteiger partial charge is 0.294 e. The molecule has 1 fully saturated rings. The number of nitro benzene ring substituents is 1. The SMILES string of the molecule is COc1c(Br)cc(Br)cc1C(=O)N1CCN(c2ccc(Cl)cc2[N+](=O)[O-])CC1. The van der Waals surface area contributed by atoms with Crippen molar-refractivity contribution in [1.29, 1.82) is 0 Å². The summed E-state index contributed by atoms with van der Waals surface area (Å²) in [5.74, 6) is 0.327. The number of anilines is 1. The van der Waals surface area contributed by atoms with Gasteiger partial charge in [0.25, 0.3) is 11.6 Å². The molecule has 0 spiro atoms. The van der Waals surface area contributed by atoms with Crippen molar-refractivity contribution in [3.63, 3.8) is 0 Å².